The van der Waals surface area contributed by atoms with E-state index in [0.29, 0.717) is 11.8 Å². The topological polar surface area (TPSA) is 72.9 Å². The molecule has 0 saturated heterocycles. The molecule has 0 radical (unpaired) electrons. The quantitative estimate of drug-likeness (QED) is 0.345. The highest BCUT2D eigenvalue weighted by atomic mass is 32.2. The number of hydrogen-bond donors (Lipinski definition) is 0. The number of rotatable bonds is 8. The zero-order valence-electron chi connectivity index (χ0n) is 17.4. The summed E-state index contributed by atoms with van der Waals surface area (Å²) in [6.07, 6.45) is 0. The second-order valence-electron chi connectivity index (χ2n) is 6.77. The molecule has 30 heavy (non-hydrogen) atoms. The molecule has 4 aromatic rings. The molecular formula is C21H24N6OS2. The molecule has 3 heterocycles. The van der Waals surface area contributed by atoms with Crippen LogP contribution < -0.4 is 4.90 Å². The van der Waals surface area contributed by atoms with Crippen LogP contribution in [0.3, 0.4) is 0 Å². The van der Waals surface area contributed by atoms with Crippen LogP contribution in [0.2, 0.25) is 0 Å². The molecule has 0 bridgehead atoms. The second-order valence-corrected chi connectivity index (χ2v) is 9.02. The fourth-order valence-electron chi connectivity index (χ4n) is 3.19. The highest BCUT2D eigenvalue weighted by Crippen LogP contribution is 2.36. The van der Waals surface area contributed by atoms with E-state index in [4.69, 9.17) is 4.42 Å². The second kappa shape index (κ2) is 9.01. The third kappa shape index (κ3) is 4.13. The average molecular weight is 441 g/mol. The third-order valence-corrected chi connectivity index (χ3v) is 6.87. The average Bonchev–Trinajstić information content (AvgIpc) is 3.51. The maximum atomic E-state index is 5.86. The van der Waals surface area contributed by atoms with Gasteiger partial charge in [-0.3, -0.25) is 0 Å². The Kier molecular flexibility index (Phi) is 6.19. The van der Waals surface area contributed by atoms with Gasteiger partial charge in [-0.15, -0.1) is 31.7 Å². The van der Waals surface area contributed by atoms with Gasteiger partial charge in [-0.05, 0) is 56.5 Å². The smallest absolute Gasteiger partial charge is 0.257 e. The monoisotopic (exact) mass is 440 g/mol. The summed E-state index contributed by atoms with van der Waals surface area (Å²) in [6, 6.07) is 12.4. The molecular weight excluding hydrogens is 416 g/mol. The van der Waals surface area contributed by atoms with Gasteiger partial charge in [0.25, 0.3) is 5.89 Å². The highest BCUT2D eigenvalue weighted by molar-refractivity contribution is 7.99. The van der Waals surface area contributed by atoms with Crippen LogP contribution in [0.5, 0.6) is 0 Å². The number of benzene rings is 1. The standard InChI is InChI=1S/C21H24N6OS2/c1-5-27(6-2)16-11-9-15(10-12-16)18-22-25-21(26(18)4)30-14(3)19-23-24-20(28-19)17-8-7-13-29-17/h7-14H,5-6H2,1-4H3. The lowest BCUT2D eigenvalue weighted by molar-refractivity contribution is 0.509. The van der Waals surface area contributed by atoms with Gasteiger partial charge in [-0.25, -0.2) is 0 Å². The molecule has 156 valence electrons. The van der Waals surface area contributed by atoms with Crippen LogP contribution in [0.15, 0.2) is 51.4 Å². The minimum atomic E-state index is -0.0352. The molecule has 0 saturated carbocycles. The van der Waals surface area contributed by atoms with Crippen molar-refractivity contribution in [3.63, 3.8) is 0 Å². The van der Waals surface area contributed by atoms with Crippen LogP contribution in [0.1, 0.15) is 31.9 Å². The summed E-state index contributed by atoms with van der Waals surface area (Å²) < 4.78 is 7.86. The summed E-state index contributed by atoms with van der Waals surface area (Å²) in [6.45, 7) is 8.34. The molecule has 0 aliphatic heterocycles. The van der Waals surface area contributed by atoms with E-state index in [0.717, 1.165) is 34.5 Å². The van der Waals surface area contributed by atoms with Crippen molar-refractivity contribution in [3.05, 3.63) is 47.7 Å². The van der Waals surface area contributed by atoms with Crippen LogP contribution in [-0.2, 0) is 7.05 Å². The van der Waals surface area contributed by atoms with E-state index in [1.165, 1.54) is 5.69 Å². The molecule has 0 aliphatic rings. The fourth-order valence-corrected chi connectivity index (χ4v) is 4.68. The van der Waals surface area contributed by atoms with E-state index in [-0.39, 0.29) is 5.25 Å². The predicted molar refractivity (Wildman–Crippen MR) is 122 cm³/mol. The molecule has 3 aromatic heterocycles. The van der Waals surface area contributed by atoms with Crippen LogP contribution in [0.25, 0.3) is 22.2 Å². The molecule has 0 N–H and O–H groups in total. The van der Waals surface area contributed by atoms with Gasteiger partial charge in [-0.1, -0.05) is 17.8 Å². The Bertz CT molecular complexity index is 1080. The summed E-state index contributed by atoms with van der Waals surface area (Å²) in [7, 11) is 1.98. The van der Waals surface area contributed by atoms with Gasteiger partial charge >= 0.3 is 0 Å². The van der Waals surface area contributed by atoms with Crippen molar-refractivity contribution < 1.29 is 4.42 Å². The van der Waals surface area contributed by atoms with Crippen molar-refractivity contribution in [2.75, 3.05) is 18.0 Å². The zero-order chi connectivity index (χ0) is 21.1. The number of thiophene rings is 1. The molecule has 1 unspecified atom stereocenters. The van der Waals surface area contributed by atoms with E-state index in [2.05, 4.69) is 63.4 Å². The predicted octanol–water partition coefficient (Wildman–Crippen LogP) is 5.29. The van der Waals surface area contributed by atoms with Crippen molar-refractivity contribution in [1.29, 1.82) is 0 Å². The number of aromatic nitrogens is 5. The lowest BCUT2D eigenvalue weighted by Gasteiger charge is -2.21. The summed E-state index contributed by atoms with van der Waals surface area (Å²) in [5.74, 6) is 1.97. The summed E-state index contributed by atoms with van der Waals surface area (Å²) in [5.41, 5.74) is 2.25. The number of thioether (sulfide) groups is 1. The van der Waals surface area contributed by atoms with Gasteiger partial charge in [0.15, 0.2) is 11.0 Å². The Morgan fingerprint density at radius 2 is 1.83 bits per heavy atom. The van der Waals surface area contributed by atoms with Crippen LogP contribution in [0.4, 0.5) is 5.69 Å². The van der Waals surface area contributed by atoms with Crippen LogP contribution in [-0.4, -0.2) is 38.1 Å². The normalized spacial score (nSPS) is 12.3. The first-order chi connectivity index (χ1) is 14.6. The maximum absolute atomic E-state index is 5.86. The largest absolute Gasteiger partial charge is 0.419 e. The Morgan fingerprint density at radius 3 is 2.50 bits per heavy atom. The molecule has 0 amide bonds. The van der Waals surface area contributed by atoms with Gasteiger partial charge in [0.05, 0.1) is 10.1 Å². The number of nitrogens with zero attached hydrogens (tertiary/aromatic N) is 6. The van der Waals surface area contributed by atoms with Crippen molar-refractivity contribution in [2.45, 2.75) is 31.2 Å². The highest BCUT2D eigenvalue weighted by Gasteiger charge is 2.20. The lowest BCUT2D eigenvalue weighted by atomic mass is 10.2. The van der Waals surface area contributed by atoms with E-state index < -0.39 is 0 Å². The first-order valence-electron chi connectivity index (χ1n) is 9.89. The third-order valence-electron chi connectivity index (χ3n) is 4.89. The van der Waals surface area contributed by atoms with Gasteiger partial charge in [0.1, 0.15) is 0 Å². The Morgan fingerprint density at radius 1 is 1.07 bits per heavy atom. The number of anilines is 1. The summed E-state index contributed by atoms with van der Waals surface area (Å²) in [4.78, 5) is 3.29. The van der Waals surface area contributed by atoms with Gasteiger partial charge in [-0.2, -0.15) is 0 Å². The molecule has 0 fully saturated rings. The van der Waals surface area contributed by atoms with E-state index in [1.807, 2.05) is 36.1 Å². The molecule has 4 rings (SSSR count). The van der Waals surface area contributed by atoms with Gasteiger partial charge in [0, 0.05) is 31.4 Å². The van der Waals surface area contributed by atoms with Gasteiger partial charge in [0.2, 0.25) is 5.89 Å². The molecule has 0 spiro atoms. The van der Waals surface area contributed by atoms with Crippen molar-refractivity contribution in [1.82, 2.24) is 25.0 Å². The molecule has 0 aliphatic carbocycles. The first kappa shape index (κ1) is 20.6. The molecule has 9 heteroatoms. The first-order valence-corrected chi connectivity index (χ1v) is 11.6. The van der Waals surface area contributed by atoms with Crippen LogP contribution in [0, 0.1) is 0 Å². The Hall–Kier alpha value is -2.65. The Balaban J connectivity index is 1.49. The maximum Gasteiger partial charge on any atom is 0.257 e. The SMILES string of the molecule is CCN(CC)c1ccc(-c2nnc(SC(C)c3nnc(-c4cccs4)o3)n2C)cc1. The van der Waals surface area contributed by atoms with Crippen LogP contribution >= 0.6 is 23.1 Å². The van der Waals surface area contributed by atoms with Crippen molar-refractivity contribution in [2.24, 2.45) is 7.05 Å². The van der Waals surface area contributed by atoms with Crippen molar-refractivity contribution >= 4 is 28.8 Å². The molecule has 1 atom stereocenters. The number of hydrogen-bond acceptors (Lipinski definition) is 8. The summed E-state index contributed by atoms with van der Waals surface area (Å²) >= 11 is 3.13. The van der Waals surface area contributed by atoms with E-state index in [9.17, 15) is 0 Å². The zero-order valence-corrected chi connectivity index (χ0v) is 19.1. The van der Waals surface area contributed by atoms with Crippen molar-refractivity contribution in [3.8, 4) is 22.2 Å². The molecule has 1 aromatic carbocycles. The fraction of sp³-hybridized carbons (Fsp3) is 0.333. The lowest BCUT2D eigenvalue weighted by Crippen LogP contribution is -2.21. The van der Waals surface area contributed by atoms with Gasteiger partial charge < -0.3 is 13.9 Å². The molecule has 7 nitrogen and oxygen atoms in total. The minimum absolute atomic E-state index is 0.0352. The Labute approximate surface area is 184 Å². The van der Waals surface area contributed by atoms with E-state index >= 15 is 0 Å². The minimum Gasteiger partial charge on any atom is -0.419 e. The summed E-state index contributed by atoms with van der Waals surface area (Å²) in [5, 5.41) is 19.9. The van der Waals surface area contributed by atoms with E-state index in [1.54, 1.807) is 23.1 Å².